The fraction of sp³-hybridized carbons (Fsp3) is 0.238. The van der Waals surface area contributed by atoms with Crippen molar-refractivity contribution < 1.29 is 14.3 Å². The van der Waals surface area contributed by atoms with Gasteiger partial charge in [0.1, 0.15) is 0 Å². The Morgan fingerprint density at radius 2 is 1.79 bits per heavy atom. The molecule has 1 aliphatic rings. The number of carbonyl (C=O) groups is 2. The fourth-order valence-electron chi connectivity index (χ4n) is 2.83. The molecule has 2 aromatic carbocycles. The summed E-state index contributed by atoms with van der Waals surface area (Å²) < 4.78 is 4.86. The van der Waals surface area contributed by atoms with Crippen LogP contribution < -0.4 is 10.6 Å². The Hall–Kier alpha value is -2.38. The molecule has 0 saturated heterocycles. The second-order valence-corrected chi connectivity index (χ2v) is 8.05. The van der Waals surface area contributed by atoms with Crippen LogP contribution in [0.15, 0.2) is 64.7 Å². The Balaban J connectivity index is 1.71. The number of rotatable bonds is 7. The van der Waals surface area contributed by atoms with Crippen molar-refractivity contribution in [1.82, 2.24) is 0 Å². The molecule has 1 aliphatic heterocycles. The van der Waals surface area contributed by atoms with E-state index in [9.17, 15) is 9.59 Å². The maximum absolute atomic E-state index is 12.5. The first-order valence-corrected chi connectivity index (χ1v) is 11.2. The van der Waals surface area contributed by atoms with E-state index in [1.165, 1.54) is 12.0 Å². The Labute approximate surface area is 173 Å². The number of carbonyl (C=O) groups excluding carboxylic acids is 2. The standard InChI is InChI=1S/C21H22N2O3S2/c1-26-21(25)16-12-28-13-19(16)22-17-5-3-4-6-18(17)23-20(24)11-14-7-9-15(27-2)10-8-14/h3-10,22H,11-13H2,1-2H3,(H,23,24). The molecule has 0 fully saturated rings. The number of hydrogen-bond acceptors (Lipinski definition) is 6. The summed E-state index contributed by atoms with van der Waals surface area (Å²) in [6, 6.07) is 15.5. The second-order valence-electron chi connectivity index (χ2n) is 6.19. The van der Waals surface area contributed by atoms with Gasteiger partial charge in [0.15, 0.2) is 0 Å². The number of thioether (sulfide) groups is 2. The highest BCUT2D eigenvalue weighted by molar-refractivity contribution is 8.00. The minimum atomic E-state index is -0.317. The van der Waals surface area contributed by atoms with Crippen molar-refractivity contribution in [2.45, 2.75) is 11.3 Å². The van der Waals surface area contributed by atoms with Gasteiger partial charge in [-0.1, -0.05) is 24.3 Å². The van der Waals surface area contributed by atoms with Gasteiger partial charge in [-0.05, 0) is 36.1 Å². The molecule has 1 heterocycles. The van der Waals surface area contributed by atoms with Crippen molar-refractivity contribution in [3.05, 3.63) is 65.4 Å². The third kappa shape index (κ3) is 5.11. The van der Waals surface area contributed by atoms with Crippen LogP contribution in [0.2, 0.25) is 0 Å². The molecule has 0 aromatic heterocycles. The topological polar surface area (TPSA) is 67.4 Å². The minimum Gasteiger partial charge on any atom is -0.466 e. The summed E-state index contributed by atoms with van der Waals surface area (Å²) in [5, 5.41) is 6.27. The van der Waals surface area contributed by atoms with E-state index in [2.05, 4.69) is 10.6 Å². The maximum Gasteiger partial charge on any atom is 0.336 e. The summed E-state index contributed by atoms with van der Waals surface area (Å²) >= 11 is 3.32. The van der Waals surface area contributed by atoms with Crippen molar-refractivity contribution in [2.75, 3.05) is 35.5 Å². The second kappa shape index (κ2) is 9.71. The van der Waals surface area contributed by atoms with Crippen molar-refractivity contribution >= 4 is 46.8 Å². The third-order valence-electron chi connectivity index (χ3n) is 4.30. The van der Waals surface area contributed by atoms with E-state index in [1.54, 1.807) is 23.5 Å². The van der Waals surface area contributed by atoms with Crippen LogP contribution in [-0.4, -0.2) is 36.7 Å². The molecule has 0 unspecified atom stereocenters. The van der Waals surface area contributed by atoms with Gasteiger partial charge in [0, 0.05) is 22.1 Å². The molecule has 28 heavy (non-hydrogen) atoms. The van der Waals surface area contributed by atoms with Crippen LogP contribution in [0.1, 0.15) is 5.56 Å². The molecule has 146 valence electrons. The lowest BCUT2D eigenvalue weighted by Gasteiger charge is -2.14. The molecule has 1 amide bonds. The highest BCUT2D eigenvalue weighted by Gasteiger charge is 2.22. The predicted octanol–water partition coefficient (Wildman–Crippen LogP) is 4.18. The van der Waals surface area contributed by atoms with Crippen LogP contribution in [0.3, 0.4) is 0 Å². The summed E-state index contributed by atoms with van der Waals surface area (Å²) in [6.45, 7) is 0. The first kappa shape index (κ1) is 20.4. The zero-order chi connectivity index (χ0) is 19.9. The molecule has 0 radical (unpaired) electrons. The summed E-state index contributed by atoms with van der Waals surface area (Å²) in [4.78, 5) is 25.6. The van der Waals surface area contributed by atoms with E-state index in [-0.39, 0.29) is 11.9 Å². The van der Waals surface area contributed by atoms with Gasteiger partial charge in [0.05, 0.1) is 30.5 Å². The number of hydrogen-bond donors (Lipinski definition) is 2. The number of para-hydroxylation sites is 2. The van der Waals surface area contributed by atoms with Crippen molar-refractivity contribution in [3.8, 4) is 0 Å². The zero-order valence-corrected chi connectivity index (χ0v) is 17.4. The average Bonchev–Trinajstić information content (AvgIpc) is 3.17. The Bertz CT molecular complexity index is 895. The van der Waals surface area contributed by atoms with Gasteiger partial charge >= 0.3 is 5.97 Å². The van der Waals surface area contributed by atoms with Crippen molar-refractivity contribution in [2.24, 2.45) is 0 Å². The highest BCUT2D eigenvalue weighted by atomic mass is 32.2. The van der Waals surface area contributed by atoms with Crippen LogP contribution in [-0.2, 0) is 20.7 Å². The monoisotopic (exact) mass is 414 g/mol. The lowest BCUT2D eigenvalue weighted by atomic mass is 10.1. The van der Waals surface area contributed by atoms with Crippen LogP contribution in [0.25, 0.3) is 0 Å². The maximum atomic E-state index is 12.5. The lowest BCUT2D eigenvalue weighted by molar-refractivity contribution is -0.136. The Morgan fingerprint density at radius 3 is 2.46 bits per heavy atom. The van der Waals surface area contributed by atoms with Gasteiger partial charge < -0.3 is 15.4 Å². The van der Waals surface area contributed by atoms with Crippen LogP contribution >= 0.6 is 23.5 Å². The van der Waals surface area contributed by atoms with E-state index < -0.39 is 0 Å². The number of esters is 1. The van der Waals surface area contributed by atoms with Crippen molar-refractivity contribution in [3.63, 3.8) is 0 Å². The lowest BCUT2D eigenvalue weighted by Crippen LogP contribution is -2.16. The smallest absolute Gasteiger partial charge is 0.336 e. The van der Waals surface area contributed by atoms with Crippen LogP contribution in [0.4, 0.5) is 11.4 Å². The molecule has 7 heteroatoms. The van der Waals surface area contributed by atoms with E-state index in [1.807, 2.05) is 54.8 Å². The largest absolute Gasteiger partial charge is 0.466 e. The van der Waals surface area contributed by atoms with E-state index >= 15 is 0 Å². The third-order valence-corrected chi connectivity index (χ3v) is 6.03. The first-order valence-electron chi connectivity index (χ1n) is 8.77. The molecule has 2 aromatic rings. The first-order chi connectivity index (χ1) is 13.6. The number of anilines is 2. The fourth-order valence-corrected chi connectivity index (χ4v) is 4.29. The number of benzene rings is 2. The SMILES string of the molecule is COC(=O)C1=C(Nc2ccccc2NC(=O)Cc2ccc(SC)cc2)CSC1. The molecule has 3 rings (SSSR count). The molecule has 0 saturated carbocycles. The average molecular weight is 415 g/mol. The molecular weight excluding hydrogens is 392 g/mol. The summed E-state index contributed by atoms with van der Waals surface area (Å²) in [7, 11) is 1.38. The molecule has 0 spiro atoms. The van der Waals surface area contributed by atoms with Gasteiger partial charge in [-0.15, -0.1) is 11.8 Å². The van der Waals surface area contributed by atoms with Crippen LogP contribution in [0, 0.1) is 0 Å². The van der Waals surface area contributed by atoms with E-state index in [0.717, 1.165) is 16.9 Å². The predicted molar refractivity (Wildman–Crippen MR) is 117 cm³/mol. The molecule has 2 N–H and O–H groups in total. The zero-order valence-electron chi connectivity index (χ0n) is 15.8. The molecule has 0 atom stereocenters. The van der Waals surface area contributed by atoms with E-state index in [0.29, 0.717) is 29.2 Å². The number of nitrogens with one attached hydrogen (secondary N) is 2. The molecule has 0 aliphatic carbocycles. The summed E-state index contributed by atoms with van der Waals surface area (Å²) in [6.07, 6.45) is 2.32. The Morgan fingerprint density at radius 1 is 1.07 bits per heavy atom. The van der Waals surface area contributed by atoms with Gasteiger partial charge in [-0.25, -0.2) is 4.79 Å². The quantitative estimate of drug-likeness (QED) is 0.523. The van der Waals surface area contributed by atoms with Crippen molar-refractivity contribution in [1.29, 1.82) is 0 Å². The molecule has 0 bridgehead atoms. The van der Waals surface area contributed by atoms with Crippen LogP contribution in [0.5, 0.6) is 0 Å². The summed E-state index contributed by atoms with van der Waals surface area (Å²) in [5.74, 6) is 0.918. The van der Waals surface area contributed by atoms with E-state index in [4.69, 9.17) is 4.74 Å². The molecule has 5 nitrogen and oxygen atoms in total. The normalized spacial score (nSPS) is 13.4. The number of amides is 1. The van der Waals surface area contributed by atoms with Gasteiger partial charge in [0.25, 0.3) is 0 Å². The summed E-state index contributed by atoms with van der Waals surface area (Å²) in [5.41, 5.74) is 3.87. The van der Waals surface area contributed by atoms with Gasteiger partial charge in [-0.3, -0.25) is 4.79 Å². The number of ether oxygens (including phenoxy) is 1. The van der Waals surface area contributed by atoms with Gasteiger partial charge in [0.2, 0.25) is 5.91 Å². The minimum absolute atomic E-state index is 0.0888. The Kier molecular flexibility index (Phi) is 7.06. The molecular formula is C21H22N2O3S2. The highest BCUT2D eigenvalue weighted by Crippen LogP contribution is 2.30. The van der Waals surface area contributed by atoms with Gasteiger partial charge in [-0.2, -0.15) is 11.8 Å². The number of methoxy groups -OCH3 is 1.